The van der Waals surface area contributed by atoms with Crippen molar-refractivity contribution in [1.29, 1.82) is 0 Å². The maximum atomic E-state index is 12.2. The minimum Gasteiger partial charge on any atom is -0.465 e. The Morgan fingerprint density at radius 2 is 1.60 bits per heavy atom. The van der Waals surface area contributed by atoms with E-state index >= 15 is 0 Å². The molecular formula is C17H14N2O6. The molecule has 0 aliphatic carbocycles. The minimum absolute atomic E-state index is 0.0921. The molecule has 0 unspecified atom stereocenters. The van der Waals surface area contributed by atoms with E-state index in [1.807, 2.05) is 0 Å². The molecular weight excluding hydrogens is 328 g/mol. The highest BCUT2D eigenvalue weighted by molar-refractivity contribution is 6.16. The van der Waals surface area contributed by atoms with Gasteiger partial charge in [0.2, 0.25) is 0 Å². The Bertz CT molecular complexity index is 1020. The zero-order valence-corrected chi connectivity index (χ0v) is 13.7. The monoisotopic (exact) mass is 342 g/mol. The van der Waals surface area contributed by atoms with Crippen LogP contribution in [0.2, 0.25) is 0 Å². The fourth-order valence-electron chi connectivity index (χ4n) is 2.62. The van der Waals surface area contributed by atoms with Crippen molar-refractivity contribution in [2.24, 2.45) is 0 Å². The lowest BCUT2D eigenvalue weighted by atomic mass is 10.0. The van der Waals surface area contributed by atoms with Crippen LogP contribution in [0, 0.1) is 0 Å². The van der Waals surface area contributed by atoms with Crippen LogP contribution in [0.25, 0.3) is 21.8 Å². The average Bonchev–Trinajstić information content (AvgIpc) is 3.09. The fraction of sp³-hybridized carbons (Fsp3) is 0.176. The third-order valence-corrected chi connectivity index (χ3v) is 3.77. The smallest absolute Gasteiger partial charge is 0.356 e. The SMILES string of the molecule is COC(=O)c1cc2ccc3[nH]c(C(=O)OC)cc(C(=O)OC)c3c2n1. The van der Waals surface area contributed by atoms with Crippen molar-refractivity contribution in [3.63, 3.8) is 0 Å². The lowest BCUT2D eigenvalue weighted by molar-refractivity contribution is 0.0583. The van der Waals surface area contributed by atoms with Crippen molar-refractivity contribution in [3.05, 3.63) is 41.2 Å². The number of nitrogens with zero attached hydrogens (tertiary/aromatic N) is 1. The molecule has 0 spiro atoms. The van der Waals surface area contributed by atoms with Crippen molar-refractivity contribution in [1.82, 2.24) is 9.97 Å². The van der Waals surface area contributed by atoms with Gasteiger partial charge in [0, 0.05) is 16.3 Å². The number of rotatable bonds is 3. The van der Waals surface area contributed by atoms with Crippen LogP contribution in [0.4, 0.5) is 0 Å². The summed E-state index contributed by atoms with van der Waals surface area (Å²) in [5.41, 5.74) is 1.25. The molecule has 8 nitrogen and oxygen atoms in total. The number of aromatic amines is 1. The van der Waals surface area contributed by atoms with Crippen molar-refractivity contribution < 1.29 is 28.6 Å². The number of carbonyl (C=O) groups is 3. The predicted molar refractivity (Wildman–Crippen MR) is 87.6 cm³/mol. The largest absolute Gasteiger partial charge is 0.465 e. The molecule has 1 N–H and O–H groups in total. The van der Waals surface area contributed by atoms with Crippen LogP contribution in [-0.4, -0.2) is 49.2 Å². The molecule has 0 radical (unpaired) electrons. The average molecular weight is 342 g/mol. The topological polar surface area (TPSA) is 108 Å². The lowest BCUT2D eigenvalue weighted by Crippen LogP contribution is -2.10. The van der Waals surface area contributed by atoms with Gasteiger partial charge in [-0.1, -0.05) is 6.07 Å². The van der Waals surface area contributed by atoms with Crippen LogP contribution in [0.15, 0.2) is 24.3 Å². The third kappa shape index (κ3) is 2.67. The number of benzene rings is 1. The van der Waals surface area contributed by atoms with E-state index in [1.165, 1.54) is 27.4 Å². The molecule has 2 heterocycles. The number of methoxy groups -OCH3 is 3. The molecule has 0 saturated carbocycles. The number of fused-ring (bicyclic) bond motifs is 3. The van der Waals surface area contributed by atoms with E-state index in [1.54, 1.807) is 18.2 Å². The summed E-state index contributed by atoms with van der Waals surface area (Å²) >= 11 is 0. The molecule has 0 saturated heterocycles. The normalized spacial score (nSPS) is 10.7. The summed E-state index contributed by atoms with van der Waals surface area (Å²) in [7, 11) is 3.74. The number of hydrogen-bond acceptors (Lipinski definition) is 7. The van der Waals surface area contributed by atoms with E-state index in [9.17, 15) is 14.4 Å². The fourth-order valence-corrected chi connectivity index (χ4v) is 2.62. The van der Waals surface area contributed by atoms with Crippen LogP contribution in [0.5, 0.6) is 0 Å². The number of esters is 3. The van der Waals surface area contributed by atoms with Crippen molar-refractivity contribution in [2.45, 2.75) is 0 Å². The molecule has 3 rings (SSSR count). The van der Waals surface area contributed by atoms with E-state index in [0.717, 1.165) is 0 Å². The number of pyridine rings is 1. The van der Waals surface area contributed by atoms with Gasteiger partial charge in [-0.3, -0.25) is 0 Å². The highest BCUT2D eigenvalue weighted by Crippen LogP contribution is 2.29. The second-order valence-corrected chi connectivity index (χ2v) is 5.14. The zero-order valence-electron chi connectivity index (χ0n) is 13.7. The van der Waals surface area contributed by atoms with E-state index < -0.39 is 17.9 Å². The maximum Gasteiger partial charge on any atom is 0.356 e. The summed E-state index contributed by atoms with van der Waals surface area (Å²) in [6, 6.07) is 6.30. The summed E-state index contributed by atoms with van der Waals surface area (Å²) in [5, 5.41) is 1.09. The van der Waals surface area contributed by atoms with Crippen molar-refractivity contribution in [2.75, 3.05) is 21.3 Å². The van der Waals surface area contributed by atoms with Gasteiger partial charge < -0.3 is 19.2 Å². The molecule has 0 bridgehead atoms. The Kier molecular flexibility index (Phi) is 4.10. The first kappa shape index (κ1) is 16.4. The molecule has 0 aliphatic rings. The number of carbonyl (C=O) groups excluding carboxylic acids is 3. The van der Waals surface area contributed by atoms with Crippen molar-refractivity contribution >= 4 is 39.7 Å². The van der Waals surface area contributed by atoms with Gasteiger partial charge >= 0.3 is 17.9 Å². The van der Waals surface area contributed by atoms with Crippen LogP contribution < -0.4 is 0 Å². The van der Waals surface area contributed by atoms with E-state index in [2.05, 4.69) is 14.7 Å². The quantitative estimate of drug-likeness (QED) is 0.573. The van der Waals surface area contributed by atoms with Gasteiger partial charge in [0.15, 0.2) is 0 Å². The van der Waals surface area contributed by atoms with E-state index in [-0.39, 0.29) is 17.0 Å². The first-order chi connectivity index (χ1) is 12.0. The zero-order chi connectivity index (χ0) is 18.1. The van der Waals surface area contributed by atoms with Gasteiger partial charge in [0.25, 0.3) is 0 Å². The highest BCUT2D eigenvalue weighted by Gasteiger charge is 2.21. The third-order valence-electron chi connectivity index (χ3n) is 3.77. The molecule has 1 aromatic carbocycles. The number of hydrogen-bond donors (Lipinski definition) is 1. The molecule has 0 aliphatic heterocycles. The molecule has 25 heavy (non-hydrogen) atoms. The number of ether oxygens (including phenoxy) is 3. The van der Waals surface area contributed by atoms with Gasteiger partial charge in [-0.25, -0.2) is 19.4 Å². The van der Waals surface area contributed by atoms with Crippen molar-refractivity contribution in [3.8, 4) is 0 Å². The lowest BCUT2D eigenvalue weighted by Gasteiger charge is -2.09. The van der Waals surface area contributed by atoms with E-state index in [4.69, 9.17) is 9.47 Å². The van der Waals surface area contributed by atoms with E-state index in [0.29, 0.717) is 21.8 Å². The summed E-state index contributed by atoms with van der Waals surface area (Å²) in [6.07, 6.45) is 0. The van der Waals surface area contributed by atoms with Gasteiger partial charge in [0.1, 0.15) is 11.4 Å². The Morgan fingerprint density at radius 1 is 0.920 bits per heavy atom. The summed E-state index contributed by atoms with van der Waals surface area (Å²) in [5.74, 6) is -1.85. The molecule has 8 heteroatoms. The Hall–Kier alpha value is -3.42. The van der Waals surface area contributed by atoms with Gasteiger partial charge in [-0.2, -0.15) is 0 Å². The van der Waals surface area contributed by atoms with Gasteiger partial charge in [-0.15, -0.1) is 0 Å². The van der Waals surface area contributed by atoms with Gasteiger partial charge in [0.05, 0.1) is 32.4 Å². The number of aromatic nitrogens is 2. The summed E-state index contributed by atoms with van der Waals surface area (Å²) in [6.45, 7) is 0. The molecule has 128 valence electrons. The molecule has 0 amide bonds. The van der Waals surface area contributed by atoms with Crippen LogP contribution in [0.1, 0.15) is 31.3 Å². The molecule has 0 fully saturated rings. The predicted octanol–water partition coefficient (Wildman–Crippen LogP) is 2.08. The standard InChI is InChI=1S/C17H14N2O6/c1-23-15(20)9-7-12(17(22)25-3)18-10-5-4-8-6-11(16(21)24-2)19-14(8)13(9)10/h4-7,18H,1-3H3. The molecule has 2 aromatic heterocycles. The second kappa shape index (κ2) is 6.23. The van der Waals surface area contributed by atoms with Crippen LogP contribution >= 0.6 is 0 Å². The van der Waals surface area contributed by atoms with Crippen LogP contribution in [0.3, 0.4) is 0 Å². The Balaban J connectivity index is 2.38. The highest BCUT2D eigenvalue weighted by atomic mass is 16.5. The first-order valence-corrected chi connectivity index (χ1v) is 7.21. The summed E-state index contributed by atoms with van der Waals surface area (Å²) in [4.78, 5) is 43.0. The number of H-pyrrole nitrogens is 1. The maximum absolute atomic E-state index is 12.2. The first-order valence-electron chi connectivity index (χ1n) is 7.21. The number of nitrogens with one attached hydrogen (secondary N) is 1. The van der Waals surface area contributed by atoms with Gasteiger partial charge in [-0.05, 0) is 18.2 Å². The van der Waals surface area contributed by atoms with Crippen LogP contribution in [-0.2, 0) is 14.2 Å². The molecule has 3 aromatic rings. The minimum atomic E-state index is -0.640. The molecule has 0 atom stereocenters. The second-order valence-electron chi connectivity index (χ2n) is 5.14. The summed E-state index contributed by atoms with van der Waals surface area (Å²) < 4.78 is 14.2. The Labute approximate surface area is 141 Å². The Morgan fingerprint density at radius 3 is 2.24 bits per heavy atom.